The van der Waals surface area contributed by atoms with Gasteiger partial charge in [0.05, 0.1) is 24.8 Å². The Labute approximate surface area is 180 Å². The number of hydrogen-bond donors (Lipinski definition) is 0. The van der Waals surface area contributed by atoms with E-state index in [4.69, 9.17) is 4.74 Å². The first-order valence-electron chi connectivity index (χ1n) is 10.7. The van der Waals surface area contributed by atoms with Crippen LogP contribution in [0.1, 0.15) is 18.0 Å². The molecule has 3 heterocycles. The average molecular weight is 413 g/mol. The van der Waals surface area contributed by atoms with E-state index >= 15 is 0 Å². The van der Waals surface area contributed by atoms with Crippen molar-refractivity contribution in [3.05, 3.63) is 72.3 Å². The van der Waals surface area contributed by atoms with Crippen LogP contribution < -0.4 is 9.64 Å². The van der Waals surface area contributed by atoms with Crippen LogP contribution in [0.25, 0.3) is 10.8 Å². The maximum Gasteiger partial charge on any atom is 0.253 e. The molecule has 6 heteroatoms. The molecule has 3 aromatic rings. The van der Waals surface area contributed by atoms with Crippen molar-refractivity contribution in [2.45, 2.75) is 18.5 Å². The van der Waals surface area contributed by atoms with E-state index in [9.17, 15) is 9.59 Å². The zero-order valence-corrected chi connectivity index (χ0v) is 17.3. The Morgan fingerprint density at radius 1 is 0.806 bits per heavy atom. The van der Waals surface area contributed by atoms with Crippen LogP contribution >= 0.6 is 0 Å². The van der Waals surface area contributed by atoms with E-state index in [1.54, 1.807) is 7.11 Å². The molecule has 3 fully saturated rings. The molecule has 3 saturated heterocycles. The summed E-state index contributed by atoms with van der Waals surface area (Å²) in [5.41, 5.74) is 1.72. The first-order chi connectivity index (χ1) is 15.2. The van der Waals surface area contributed by atoms with E-state index in [2.05, 4.69) is 10.0 Å². The second-order valence-electron chi connectivity index (χ2n) is 8.38. The normalized spacial score (nSPS) is 26.0. The van der Waals surface area contributed by atoms with Crippen LogP contribution in [-0.4, -0.2) is 48.1 Å². The van der Waals surface area contributed by atoms with Crippen LogP contribution in [0.2, 0.25) is 0 Å². The van der Waals surface area contributed by atoms with Gasteiger partial charge in [-0.3, -0.25) is 9.59 Å². The number of imide groups is 1. The topological polar surface area (TPSA) is 53.1 Å². The SMILES string of the molecule is COc1ccc([C@@H]2[C@@H]3C(=O)N(c4cccc5ccccc45)C(=O)[C@H]3N3CCCN23)cc1. The van der Waals surface area contributed by atoms with E-state index < -0.39 is 12.0 Å². The lowest BCUT2D eigenvalue weighted by atomic mass is 9.90. The van der Waals surface area contributed by atoms with E-state index in [1.165, 1.54) is 4.90 Å². The number of rotatable bonds is 3. The van der Waals surface area contributed by atoms with Crippen molar-refractivity contribution in [2.75, 3.05) is 25.1 Å². The molecule has 156 valence electrons. The molecule has 0 saturated carbocycles. The Morgan fingerprint density at radius 3 is 2.29 bits per heavy atom. The molecule has 0 unspecified atom stereocenters. The summed E-state index contributed by atoms with van der Waals surface area (Å²) in [5.74, 6) is 0.138. The fraction of sp³-hybridized carbons (Fsp3) is 0.280. The van der Waals surface area contributed by atoms with Gasteiger partial charge in [0, 0.05) is 18.5 Å². The minimum Gasteiger partial charge on any atom is -0.497 e. The molecule has 6 rings (SSSR count). The quantitative estimate of drug-likeness (QED) is 0.616. The molecular weight excluding hydrogens is 390 g/mol. The molecule has 31 heavy (non-hydrogen) atoms. The Hall–Kier alpha value is -3.22. The number of hydrogen-bond acceptors (Lipinski definition) is 5. The van der Waals surface area contributed by atoms with Gasteiger partial charge < -0.3 is 4.74 Å². The molecule has 0 bridgehead atoms. The molecule has 0 spiro atoms. The van der Waals surface area contributed by atoms with Crippen molar-refractivity contribution in [1.29, 1.82) is 0 Å². The molecule has 0 radical (unpaired) electrons. The van der Waals surface area contributed by atoms with Gasteiger partial charge in [-0.2, -0.15) is 0 Å². The minimum absolute atomic E-state index is 0.110. The zero-order valence-electron chi connectivity index (χ0n) is 17.3. The lowest BCUT2D eigenvalue weighted by Gasteiger charge is -2.30. The Kier molecular flexibility index (Phi) is 4.13. The largest absolute Gasteiger partial charge is 0.497 e. The Morgan fingerprint density at radius 2 is 1.52 bits per heavy atom. The smallest absolute Gasteiger partial charge is 0.253 e. The third kappa shape index (κ3) is 2.58. The van der Waals surface area contributed by atoms with Crippen LogP contribution in [0.5, 0.6) is 5.75 Å². The summed E-state index contributed by atoms with van der Waals surface area (Å²) in [6.45, 7) is 1.66. The van der Waals surface area contributed by atoms with Gasteiger partial charge in [-0.05, 0) is 35.6 Å². The fourth-order valence-electron chi connectivity index (χ4n) is 5.56. The van der Waals surface area contributed by atoms with Gasteiger partial charge in [0.15, 0.2) is 0 Å². The van der Waals surface area contributed by atoms with Gasteiger partial charge in [0.1, 0.15) is 11.8 Å². The van der Waals surface area contributed by atoms with Crippen molar-refractivity contribution in [1.82, 2.24) is 10.0 Å². The van der Waals surface area contributed by atoms with Gasteiger partial charge in [-0.15, -0.1) is 0 Å². The van der Waals surface area contributed by atoms with Crippen LogP contribution in [0.4, 0.5) is 5.69 Å². The third-order valence-corrected chi connectivity index (χ3v) is 6.87. The lowest BCUT2D eigenvalue weighted by molar-refractivity contribution is -0.126. The number of nitrogens with zero attached hydrogens (tertiary/aromatic N) is 3. The van der Waals surface area contributed by atoms with Crippen LogP contribution in [-0.2, 0) is 9.59 Å². The van der Waals surface area contributed by atoms with Crippen molar-refractivity contribution < 1.29 is 14.3 Å². The number of methoxy groups -OCH3 is 1. The Balaban J connectivity index is 1.46. The molecule has 3 aliphatic heterocycles. The molecular formula is C25H23N3O3. The van der Waals surface area contributed by atoms with Gasteiger partial charge in [-0.1, -0.05) is 48.5 Å². The number of amides is 2. The second-order valence-corrected chi connectivity index (χ2v) is 8.38. The van der Waals surface area contributed by atoms with Gasteiger partial charge >= 0.3 is 0 Å². The number of carbonyl (C=O) groups is 2. The number of carbonyl (C=O) groups excluding carboxylic acids is 2. The highest BCUT2D eigenvalue weighted by Gasteiger charge is 2.62. The number of hydrazine groups is 1. The van der Waals surface area contributed by atoms with Crippen LogP contribution in [0.15, 0.2) is 66.7 Å². The maximum atomic E-state index is 13.8. The van der Waals surface area contributed by atoms with Gasteiger partial charge in [0.25, 0.3) is 5.91 Å². The van der Waals surface area contributed by atoms with Crippen molar-refractivity contribution in [3.63, 3.8) is 0 Å². The van der Waals surface area contributed by atoms with Crippen LogP contribution in [0, 0.1) is 5.92 Å². The highest BCUT2D eigenvalue weighted by molar-refractivity contribution is 6.26. The fourth-order valence-corrected chi connectivity index (χ4v) is 5.56. The summed E-state index contributed by atoms with van der Waals surface area (Å²) < 4.78 is 5.31. The van der Waals surface area contributed by atoms with E-state index in [-0.39, 0.29) is 17.9 Å². The minimum atomic E-state index is -0.443. The number of anilines is 1. The van der Waals surface area contributed by atoms with Crippen molar-refractivity contribution >= 4 is 28.3 Å². The zero-order chi connectivity index (χ0) is 21.1. The first kappa shape index (κ1) is 18.5. The summed E-state index contributed by atoms with van der Waals surface area (Å²) in [6, 6.07) is 21.0. The van der Waals surface area contributed by atoms with Gasteiger partial charge in [-0.25, -0.2) is 14.9 Å². The van der Waals surface area contributed by atoms with Crippen LogP contribution in [0.3, 0.4) is 0 Å². The molecule has 2 amide bonds. The third-order valence-electron chi connectivity index (χ3n) is 6.87. The highest BCUT2D eigenvalue weighted by atomic mass is 16.5. The molecule has 0 aliphatic carbocycles. The summed E-state index contributed by atoms with van der Waals surface area (Å²) in [7, 11) is 1.64. The second kappa shape index (κ2) is 6.90. The van der Waals surface area contributed by atoms with E-state index in [0.29, 0.717) is 5.69 Å². The molecule has 3 atom stereocenters. The number of fused-ring (bicyclic) bond motifs is 4. The number of benzene rings is 3. The van der Waals surface area contributed by atoms with Crippen molar-refractivity contribution in [2.24, 2.45) is 5.92 Å². The molecule has 3 aliphatic rings. The average Bonchev–Trinajstić information content (AvgIpc) is 3.46. The van der Waals surface area contributed by atoms with Crippen molar-refractivity contribution in [3.8, 4) is 5.75 Å². The van der Waals surface area contributed by atoms with Gasteiger partial charge in [0.2, 0.25) is 5.91 Å². The summed E-state index contributed by atoms with van der Waals surface area (Å²) in [6.07, 6.45) is 0.992. The summed E-state index contributed by atoms with van der Waals surface area (Å²) in [5, 5.41) is 6.30. The predicted molar refractivity (Wildman–Crippen MR) is 117 cm³/mol. The molecule has 6 nitrogen and oxygen atoms in total. The molecule has 3 aromatic carbocycles. The predicted octanol–water partition coefficient (Wildman–Crippen LogP) is 3.38. The molecule has 0 N–H and O–H groups in total. The molecule has 0 aromatic heterocycles. The number of ether oxygens (including phenoxy) is 1. The summed E-state index contributed by atoms with van der Waals surface area (Å²) in [4.78, 5) is 28.9. The van der Waals surface area contributed by atoms with E-state index in [1.807, 2.05) is 66.7 Å². The maximum absolute atomic E-state index is 13.8. The summed E-state index contributed by atoms with van der Waals surface area (Å²) >= 11 is 0. The van der Waals surface area contributed by atoms with E-state index in [0.717, 1.165) is 41.6 Å². The standard InChI is InChI=1S/C25H23N3O3/c1-31-18-12-10-17(11-13-18)22-21-23(27-15-5-14-26(22)27)25(30)28(24(21)29)20-9-4-7-16-6-2-3-8-19(16)20/h2-4,6-13,21-23H,5,14-15H2,1H3/t21-,22+,23-/m0/s1. The lowest BCUT2D eigenvalue weighted by Crippen LogP contribution is -2.44. The highest BCUT2D eigenvalue weighted by Crippen LogP contribution is 2.49. The monoisotopic (exact) mass is 413 g/mol. The first-order valence-corrected chi connectivity index (χ1v) is 10.7. The Bertz CT molecular complexity index is 1190.